The summed E-state index contributed by atoms with van der Waals surface area (Å²) in [4.78, 5) is 12.9. The number of nitrogens with one attached hydrogen (secondary N) is 1. The van der Waals surface area contributed by atoms with Crippen molar-refractivity contribution in [1.82, 2.24) is 0 Å². The van der Waals surface area contributed by atoms with Crippen LogP contribution in [-0.2, 0) is 4.79 Å². The van der Waals surface area contributed by atoms with Crippen molar-refractivity contribution in [3.8, 4) is 0 Å². The molecule has 0 unspecified atom stereocenters. The molecule has 0 aromatic heterocycles. The minimum absolute atomic E-state index is 0.123. The number of nitrogens with two attached hydrogens (primary N) is 1. The van der Waals surface area contributed by atoms with Gasteiger partial charge in [0.15, 0.2) is 0 Å². The van der Waals surface area contributed by atoms with Gasteiger partial charge in [0, 0.05) is 15.1 Å². The van der Waals surface area contributed by atoms with Crippen LogP contribution in [0.4, 0.5) is 11.4 Å². The van der Waals surface area contributed by atoms with Gasteiger partial charge in [-0.1, -0.05) is 33.6 Å². The highest BCUT2D eigenvalue weighted by molar-refractivity contribution is 9.10. The molecule has 0 aliphatic carbocycles. The van der Waals surface area contributed by atoms with Crippen LogP contribution in [0.3, 0.4) is 0 Å². The first-order valence-corrected chi connectivity index (χ1v) is 7.93. The van der Waals surface area contributed by atoms with Crippen LogP contribution in [0.2, 0.25) is 5.02 Å². The number of carbonyl (C=O) groups excluding carboxylic acids is 1. The lowest BCUT2D eigenvalue weighted by molar-refractivity contribution is -0.113. The second kappa shape index (κ2) is 7.02. The highest BCUT2D eigenvalue weighted by Crippen LogP contribution is 2.25. The van der Waals surface area contributed by atoms with E-state index in [2.05, 4.69) is 21.2 Å². The third-order valence-electron chi connectivity index (χ3n) is 2.43. The van der Waals surface area contributed by atoms with E-state index in [4.69, 9.17) is 17.3 Å². The van der Waals surface area contributed by atoms with Crippen LogP contribution in [0.5, 0.6) is 0 Å². The van der Waals surface area contributed by atoms with Crippen LogP contribution in [0.15, 0.2) is 51.8 Å². The van der Waals surface area contributed by atoms with E-state index < -0.39 is 0 Å². The van der Waals surface area contributed by atoms with Crippen molar-refractivity contribution < 1.29 is 4.79 Å². The molecular formula is C14H12BrClN2OS. The zero-order valence-electron chi connectivity index (χ0n) is 10.4. The zero-order chi connectivity index (χ0) is 14.5. The Morgan fingerprint density at radius 2 is 2.10 bits per heavy atom. The van der Waals surface area contributed by atoms with Gasteiger partial charge in [-0.05, 0) is 36.4 Å². The Labute approximate surface area is 135 Å². The highest BCUT2D eigenvalue weighted by atomic mass is 79.9. The van der Waals surface area contributed by atoms with Gasteiger partial charge in [0.25, 0.3) is 0 Å². The first kappa shape index (κ1) is 15.2. The summed E-state index contributed by atoms with van der Waals surface area (Å²) in [6, 6.07) is 12.8. The zero-order valence-corrected chi connectivity index (χ0v) is 13.6. The van der Waals surface area contributed by atoms with Crippen LogP contribution in [0, 0.1) is 0 Å². The van der Waals surface area contributed by atoms with Gasteiger partial charge in [-0.25, -0.2) is 0 Å². The summed E-state index contributed by atoms with van der Waals surface area (Å²) in [6.45, 7) is 0. The Morgan fingerprint density at radius 1 is 1.30 bits per heavy atom. The van der Waals surface area contributed by atoms with E-state index in [1.807, 2.05) is 24.3 Å². The number of thioether (sulfide) groups is 1. The van der Waals surface area contributed by atoms with Gasteiger partial charge in [0.05, 0.1) is 16.5 Å². The molecule has 0 bridgehead atoms. The van der Waals surface area contributed by atoms with E-state index in [0.717, 1.165) is 9.37 Å². The van der Waals surface area contributed by atoms with Crippen LogP contribution in [-0.4, -0.2) is 11.7 Å². The molecule has 0 atom stereocenters. The molecule has 3 N–H and O–H groups in total. The molecule has 0 aliphatic rings. The van der Waals surface area contributed by atoms with E-state index >= 15 is 0 Å². The predicted octanol–water partition coefficient (Wildman–Crippen LogP) is 4.42. The maximum Gasteiger partial charge on any atom is 0.234 e. The number of hydrogen-bond donors (Lipinski definition) is 2. The lowest BCUT2D eigenvalue weighted by atomic mass is 10.3. The Morgan fingerprint density at radius 3 is 2.85 bits per heavy atom. The van der Waals surface area contributed by atoms with Crippen molar-refractivity contribution in [3.63, 3.8) is 0 Å². The first-order valence-electron chi connectivity index (χ1n) is 5.78. The standard InChI is InChI=1S/C14H12BrClN2OS/c15-9-2-1-3-11(6-9)20-8-14(19)18-13-7-10(17)4-5-12(13)16/h1-7H,8,17H2,(H,18,19). The summed E-state index contributed by atoms with van der Waals surface area (Å²) in [5, 5.41) is 3.22. The Balaban J connectivity index is 1.94. The number of amides is 1. The Bertz CT molecular complexity index is 636. The smallest absolute Gasteiger partial charge is 0.234 e. The van der Waals surface area contributed by atoms with Crippen LogP contribution >= 0.6 is 39.3 Å². The summed E-state index contributed by atoms with van der Waals surface area (Å²) in [7, 11) is 0. The van der Waals surface area contributed by atoms with Crippen molar-refractivity contribution >= 4 is 56.6 Å². The number of nitrogen functional groups attached to an aromatic ring is 1. The molecule has 0 radical (unpaired) electrons. The molecule has 0 fully saturated rings. The SMILES string of the molecule is Nc1ccc(Cl)c(NC(=O)CSc2cccc(Br)c2)c1. The molecule has 0 saturated heterocycles. The fraction of sp³-hybridized carbons (Fsp3) is 0.0714. The second-order valence-electron chi connectivity index (χ2n) is 4.03. The van der Waals surface area contributed by atoms with Crippen molar-refractivity contribution in [1.29, 1.82) is 0 Å². The molecule has 6 heteroatoms. The van der Waals surface area contributed by atoms with E-state index in [9.17, 15) is 4.79 Å². The summed E-state index contributed by atoms with van der Waals surface area (Å²) < 4.78 is 0.988. The number of hydrogen-bond acceptors (Lipinski definition) is 3. The van der Waals surface area contributed by atoms with Gasteiger partial charge >= 0.3 is 0 Å². The maximum atomic E-state index is 11.9. The molecule has 2 aromatic rings. The summed E-state index contributed by atoms with van der Waals surface area (Å²) in [6.07, 6.45) is 0. The van der Waals surface area contributed by atoms with E-state index in [1.54, 1.807) is 18.2 Å². The molecule has 0 saturated carbocycles. The van der Waals surface area contributed by atoms with Gasteiger partial charge in [0.2, 0.25) is 5.91 Å². The summed E-state index contributed by atoms with van der Waals surface area (Å²) in [5.41, 5.74) is 6.76. The number of benzene rings is 2. The van der Waals surface area contributed by atoms with Crippen LogP contribution in [0.25, 0.3) is 0 Å². The molecule has 20 heavy (non-hydrogen) atoms. The van der Waals surface area contributed by atoms with Gasteiger partial charge in [-0.3, -0.25) is 4.79 Å². The summed E-state index contributed by atoms with van der Waals surface area (Å²) >= 11 is 10.8. The average Bonchev–Trinajstić information content (AvgIpc) is 2.41. The fourth-order valence-electron chi connectivity index (χ4n) is 1.53. The normalized spacial score (nSPS) is 10.3. The molecule has 1 amide bonds. The topological polar surface area (TPSA) is 55.1 Å². The largest absolute Gasteiger partial charge is 0.399 e. The van der Waals surface area contributed by atoms with Gasteiger partial charge in [-0.15, -0.1) is 11.8 Å². The van der Waals surface area contributed by atoms with Crippen molar-refractivity contribution in [2.24, 2.45) is 0 Å². The monoisotopic (exact) mass is 370 g/mol. The minimum atomic E-state index is -0.123. The molecule has 104 valence electrons. The Kier molecular flexibility index (Phi) is 5.34. The highest BCUT2D eigenvalue weighted by Gasteiger charge is 2.07. The second-order valence-corrected chi connectivity index (χ2v) is 6.41. The lowest BCUT2D eigenvalue weighted by Gasteiger charge is -2.08. The van der Waals surface area contributed by atoms with Gasteiger partial charge in [0.1, 0.15) is 0 Å². The van der Waals surface area contributed by atoms with E-state index in [-0.39, 0.29) is 5.91 Å². The molecule has 2 rings (SSSR count). The summed E-state index contributed by atoms with van der Waals surface area (Å²) in [5.74, 6) is 0.184. The van der Waals surface area contributed by atoms with E-state index in [0.29, 0.717) is 22.2 Å². The third kappa shape index (κ3) is 4.44. The van der Waals surface area contributed by atoms with Gasteiger partial charge < -0.3 is 11.1 Å². The molecule has 0 spiro atoms. The number of rotatable bonds is 4. The molecule has 0 heterocycles. The number of halogens is 2. The predicted molar refractivity (Wildman–Crippen MR) is 89.4 cm³/mol. The van der Waals surface area contributed by atoms with Crippen molar-refractivity contribution in [2.45, 2.75) is 4.90 Å². The number of carbonyl (C=O) groups is 1. The molecule has 0 aliphatic heterocycles. The molecule has 2 aromatic carbocycles. The maximum absolute atomic E-state index is 11.9. The number of anilines is 2. The quantitative estimate of drug-likeness (QED) is 0.618. The van der Waals surface area contributed by atoms with Crippen molar-refractivity contribution in [3.05, 3.63) is 52.0 Å². The lowest BCUT2D eigenvalue weighted by Crippen LogP contribution is -2.14. The Hall–Kier alpha value is -1.17. The van der Waals surface area contributed by atoms with Crippen molar-refractivity contribution in [2.75, 3.05) is 16.8 Å². The third-order valence-corrected chi connectivity index (χ3v) is 4.25. The molecule has 3 nitrogen and oxygen atoms in total. The van der Waals surface area contributed by atoms with Gasteiger partial charge in [-0.2, -0.15) is 0 Å². The fourth-order valence-corrected chi connectivity index (χ4v) is 3.00. The average molecular weight is 372 g/mol. The van der Waals surface area contributed by atoms with Crippen LogP contribution in [0.1, 0.15) is 0 Å². The molecular weight excluding hydrogens is 360 g/mol. The van der Waals surface area contributed by atoms with Crippen LogP contribution < -0.4 is 11.1 Å². The minimum Gasteiger partial charge on any atom is -0.399 e. The first-order chi connectivity index (χ1) is 9.54. The van der Waals surface area contributed by atoms with E-state index in [1.165, 1.54) is 11.8 Å².